The summed E-state index contributed by atoms with van der Waals surface area (Å²) in [6, 6.07) is 3.42. The Labute approximate surface area is 108 Å². The summed E-state index contributed by atoms with van der Waals surface area (Å²) in [5, 5.41) is 1.01. The standard InChI is InChI=1S/C8H14N5O.C3H9N/c1-12(2)6-14-13(10)8-7(9)4-3-5-11-8;1-4(2)3/h3-6H,9-10H2,1-2H3;1-3H3/q+1;. The van der Waals surface area contributed by atoms with Crippen LogP contribution >= 0.6 is 0 Å². The van der Waals surface area contributed by atoms with Gasteiger partial charge < -0.3 is 15.5 Å². The summed E-state index contributed by atoms with van der Waals surface area (Å²) in [6.07, 6.45) is 3.03. The number of hydrogen-bond acceptors (Lipinski definition) is 6. The third-order valence-corrected chi connectivity index (χ3v) is 1.40. The third-order valence-electron chi connectivity index (χ3n) is 1.40. The largest absolute Gasteiger partial charge is 0.396 e. The Bertz CT molecular complexity index is 373. The SMILES string of the molecule is CN(C)C.C[N+](C)=CON(N)c1ncccc1N. The fraction of sp³-hybridized carbons (Fsp3) is 0.455. The first kappa shape index (κ1) is 16.1. The molecule has 0 saturated carbocycles. The number of nitrogens with zero attached hydrogens (tertiary/aromatic N) is 4. The van der Waals surface area contributed by atoms with Crippen molar-refractivity contribution in [1.29, 1.82) is 0 Å². The van der Waals surface area contributed by atoms with Gasteiger partial charge in [-0.25, -0.2) is 15.4 Å². The van der Waals surface area contributed by atoms with Crippen LogP contribution in [0.25, 0.3) is 0 Å². The van der Waals surface area contributed by atoms with E-state index in [2.05, 4.69) is 4.98 Å². The van der Waals surface area contributed by atoms with Crippen LogP contribution in [0.15, 0.2) is 18.3 Å². The quantitative estimate of drug-likeness (QED) is 0.255. The van der Waals surface area contributed by atoms with E-state index >= 15 is 0 Å². The van der Waals surface area contributed by atoms with Crippen molar-refractivity contribution < 1.29 is 9.41 Å². The van der Waals surface area contributed by atoms with Gasteiger partial charge in [-0.1, -0.05) is 0 Å². The van der Waals surface area contributed by atoms with Crippen LogP contribution in [0.1, 0.15) is 0 Å². The van der Waals surface area contributed by atoms with Crippen LogP contribution in [-0.4, -0.2) is 56.1 Å². The van der Waals surface area contributed by atoms with Gasteiger partial charge in [0, 0.05) is 6.20 Å². The lowest BCUT2D eigenvalue weighted by molar-refractivity contribution is -0.468. The molecule has 0 atom stereocenters. The van der Waals surface area contributed by atoms with E-state index in [1.165, 1.54) is 6.40 Å². The fourth-order valence-electron chi connectivity index (χ4n) is 0.789. The molecule has 0 radical (unpaired) electrons. The Morgan fingerprint density at radius 2 is 1.89 bits per heavy atom. The Kier molecular flexibility index (Phi) is 7.41. The Hall–Kier alpha value is -1.86. The zero-order valence-electron chi connectivity index (χ0n) is 11.7. The molecule has 0 aliphatic heterocycles. The van der Waals surface area contributed by atoms with Crippen LogP contribution in [0.3, 0.4) is 0 Å². The summed E-state index contributed by atoms with van der Waals surface area (Å²) in [5.74, 6) is 5.94. The molecule has 1 aromatic rings. The van der Waals surface area contributed by atoms with Crippen LogP contribution < -0.4 is 16.7 Å². The highest BCUT2D eigenvalue weighted by Crippen LogP contribution is 2.15. The van der Waals surface area contributed by atoms with Crippen molar-refractivity contribution in [3.05, 3.63) is 18.3 Å². The second-order valence-electron chi connectivity index (χ2n) is 4.26. The summed E-state index contributed by atoms with van der Waals surface area (Å²) in [5.41, 5.74) is 6.10. The molecule has 0 spiro atoms. The highest BCUT2D eigenvalue weighted by molar-refractivity contribution is 5.61. The van der Waals surface area contributed by atoms with Crippen LogP contribution in [0.2, 0.25) is 0 Å². The number of nitrogen functional groups attached to an aromatic ring is 1. The molecule has 7 nitrogen and oxygen atoms in total. The molecule has 0 aromatic carbocycles. The van der Waals surface area contributed by atoms with Gasteiger partial charge in [0.05, 0.1) is 5.69 Å². The number of nitrogens with two attached hydrogens (primary N) is 2. The van der Waals surface area contributed by atoms with Gasteiger partial charge in [0.15, 0.2) is 0 Å². The molecule has 0 saturated heterocycles. The van der Waals surface area contributed by atoms with Crippen molar-refractivity contribution in [3.63, 3.8) is 0 Å². The molecular weight excluding hydrogens is 232 g/mol. The van der Waals surface area contributed by atoms with Crippen molar-refractivity contribution in [2.75, 3.05) is 46.1 Å². The maximum atomic E-state index is 5.64. The Morgan fingerprint density at radius 1 is 1.33 bits per heavy atom. The summed E-state index contributed by atoms with van der Waals surface area (Å²) >= 11 is 0. The maximum absolute atomic E-state index is 5.64. The van der Waals surface area contributed by atoms with Crippen LogP contribution in [-0.2, 0) is 4.84 Å². The predicted octanol–water partition coefficient (Wildman–Crippen LogP) is -0.246. The van der Waals surface area contributed by atoms with Gasteiger partial charge in [-0.05, 0) is 33.3 Å². The molecule has 1 rings (SSSR count). The van der Waals surface area contributed by atoms with Gasteiger partial charge in [-0.15, -0.1) is 5.17 Å². The van der Waals surface area contributed by atoms with Crippen LogP contribution in [0.4, 0.5) is 11.5 Å². The fourth-order valence-corrected chi connectivity index (χ4v) is 0.789. The molecule has 0 fully saturated rings. The van der Waals surface area contributed by atoms with E-state index in [1.54, 1.807) is 22.9 Å². The molecule has 4 N–H and O–H groups in total. The van der Waals surface area contributed by atoms with E-state index in [9.17, 15) is 0 Å². The smallest absolute Gasteiger partial charge is 0.350 e. The van der Waals surface area contributed by atoms with E-state index in [-0.39, 0.29) is 0 Å². The zero-order valence-corrected chi connectivity index (χ0v) is 11.7. The molecule has 102 valence electrons. The number of rotatable bonds is 3. The minimum atomic E-state index is 0.380. The van der Waals surface area contributed by atoms with E-state index in [4.69, 9.17) is 16.4 Å². The van der Waals surface area contributed by atoms with E-state index in [1.807, 2.05) is 40.1 Å². The van der Waals surface area contributed by atoms with Crippen LogP contribution in [0.5, 0.6) is 0 Å². The van der Waals surface area contributed by atoms with Crippen molar-refractivity contribution in [3.8, 4) is 0 Å². The lowest BCUT2D eigenvalue weighted by Gasteiger charge is -2.14. The normalized spacial score (nSPS) is 9.28. The second-order valence-corrected chi connectivity index (χ2v) is 4.26. The first-order valence-corrected chi connectivity index (χ1v) is 5.37. The summed E-state index contributed by atoms with van der Waals surface area (Å²) < 4.78 is 1.71. The topological polar surface area (TPSA) is 83.6 Å². The van der Waals surface area contributed by atoms with Crippen LogP contribution in [0, 0.1) is 0 Å². The average Bonchev–Trinajstić information content (AvgIpc) is 2.25. The molecule has 18 heavy (non-hydrogen) atoms. The van der Waals surface area contributed by atoms with Gasteiger partial charge in [0.25, 0.3) is 0 Å². The minimum Gasteiger partial charge on any atom is -0.396 e. The number of anilines is 2. The lowest BCUT2D eigenvalue weighted by atomic mass is 10.4. The van der Waals surface area contributed by atoms with Crippen molar-refractivity contribution in [1.82, 2.24) is 9.88 Å². The molecule has 1 heterocycles. The first-order valence-electron chi connectivity index (χ1n) is 5.37. The highest BCUT2D eigenvalue weighted by atomic mass is 16.7. The monoisotopic (exact) mass is 255 g/mol. The van der Waals surface area contributed by atoms with Crippen molar-refractivity contribution in [2.45, 2.75) is 0 Å². The maximum Gasteiger partial charge on any atom is 0.350 e. The lowest BCUT2D eigenvalue weighted by Crippen LogP contribution is -2.33. The molecule has 7 heteroatoms. The number of hydrogen-bond donors (Lipinski definition) is 2. The zero-order chi connectivity index (χ0) is 14.1. The summed E-state index contributed by atoms with van der Waals surface area (Å²) in [7, 11) is 9.63. The predicted molar refractivity (Wildman–Crippen MR) is 74.2 cm³/mol. The van der Waals surface area contributed by atoms with Crippen molar-refractivity contribution in [2.24, 2.45) is 5.84 Å². The van der Waals surface area contributed by atoms with E-state index < -0.39 is 0 Å². The third kappa shape index (κ3) is 7.42. The van der Waals surface area contributed by atoms with Gasteiger partial charge in [-0.3, -0.25) is 0 Å². The first-order chi connectivity index (χ1) is 8.34. The Morgan fingerprint density at radius 3 is 2.33 bits per heavy atom. The van der Waals surface area contributed by atoms with E-state index in [0.29, 0.717) is 11.5 Å². The molecule has 0 bridgehead atoms. The van der Waals surface area contributed by atoms with Gasteiger partial charge >= 0.3 is 6.40 Å². The Balaban J connectivity index is 0.000000631. The van der Waals surface area contributed by atoms with Gasteiger partial charge in [0.1, 0.15) is 14.1 Å². The van der Waals surface area contributed by atoms with E-state index in [0.717, 1.165) is 5.17 Å². The average molecular weight is 255 g/mol. The molecular formula is C11H23N6O+. The van der Waals surface area contributed by atoms with Gasteiger partial charge in [0.2, 0.25) is 5.82 Å². The minimum absolute atomic E-state index is 0.380. The summed E-state index contributed by atoms with van der Waals surface area (Å²) in [6.45, 7) is 0. The highest BCUT2D eigenvalue weighted by Gasteiger charge is 2.07. The summed E-state index contributed by atoms with van der Waals surface area (Å²) in [4.78, 5) is 11.0. The number of hydrazine groups is 1. The molecule has 0 aliphatic carbocycles. The second kappa shape index (κ2) is 8.26. The van der Waals surface area contributed by atoms with Crippen molar-refractivity contribution >= 4 is 17.9 Å². The molecule has 0 aliphatic rings. The molecule has 1 aromatic heterocycles. The number of aromatic nitrogens is 1. The molecule has 0 amide bonds. The van der Waals surface area contributed by atoms with Gasteiger partial charge in [-0.2, -0.15) is 0 Å². The number of pyridine rings is 1. The molecule has 0 unspecified atom stereocenters.